The van der Waals surface area contributed by atoms with Crippen molar-refractivity contribution in [1.29, 1.82) is 0 Å². The summed E-state index contributed by atoms with van der Waals surface area (Å²) in [6.07, 6.45) is -8.56. The van der Waals surface area contributed by atoms with Crippen molar-refractivity contribution in [3.63, 3.8) is 0 Å². The zero-order chi connectivity index (χ0) is 27.5. The van der Waals surface area contributed by atoms with Crippen molar-refractivity contribution in [3.05, 3.63) is 94.2 Å². The third kappa shape index (κ3) is 6.91. The fraction of sp³-hybridized carbons (Fsp3) is 0.200. The molecule has 0 radical (unpaired) electrons. The molecule has 0 aliphatic heterocycles. The number of hydrogen-bond acceptors (Lipinski definition) is 2. The smallest absolute Gasteiger partial charge is 0.431 e. The minimum absolute atomic E-state index is 0.0481. The monoisotopic (exact) mass is 554 g/mol. The first-order chi connectivity index (χ1) is 17.2. The summed E-state index contributed by atoms with van der Waals surface area (Å²) < 4.78 is 132. The topological polar surface area (TPSA) is 18.5 Å². The van der Waals surface area contributed by atoms with Gasteiger partial charge in [0.2, 0.25) is 0 Å². The van der Waals surface area contributed by atoms with Gasteiger partial charge in [0.25, 0.3) is 0 Å². The van der Waals surface area contributed by atoms with Crippen LogP contribution in [0.2, 0.25) is 5.02 Å². The molecule has 3 aromatic carbocycles. The van der Waals surface area contributed by atoms with Crippen LogP contribution in [0.3, 0.4) is 0 Å². The van der Waals surface area contributed by atoms with E-state index in [-0.39, 0.29) is 29.5 Å². The van der Waals surface area contributed by atoms with Crippen molar-refractivity contribution in [2.24, 2.45) is 0 Å². The van der Waals surface area contributed by atoms with Crippen LogP contribution < -0.4 is 9.47 Å². The van der Waals surface area contributed by atoms with Crippen molar-refractivity contribution in [2.75, 3.05) is 0 Å². The van der Waals surface area contributed by atoms with Crippen molar-refractivity contribution in [1.82, 2.24) is 0 Å². The highest BCUT2D eigenvalue weighted by Crippen LogP contribution is 2.41. The summed E-state index contributed by atoms with van der Waals surface area (Å²) in [5.74, 6) is -8.15. The van der Waals surface area contributed by atoms with Crippen molar-refractivity contribution < 1.29 is 49.0 Å². The van der Waals surface area contributed by atoms with Crippen LogP contribution in [0.25, 0.3) is 11.1 Å². The normalized spacial score (nSPS) is 12.3. The highest BCUT2D eigenvalue weighted by Gasteiger charge is 2.41. The van der Waals surface area contributed by atoms with E-state index in [2.05, 4.69) is 9.47 Å². The highest BCUT2D eigenvalue weighted by atomic mass is 35.5. The Bertz CT molecular complexity index is 1270. The van der Waals surface area contributed by atoms with Crippen molar-refractivity contribution >= 4 is 11.6 Å². The molecule has 12 heteroatoms. The summed E-state index contributed by atoms with van der Waals surface area (Å²) in [5, 5.41) is -0.866. The molecule has 2 nitrogen and oxygen atoms in total. The van der Waals surface area contributed by atoms with Gasteiger partial charge in [-0.2, -0.15) is 22.0 Å². The first-order valence-electron chi connectivity index (χ1n) is 10.5. The van der Waals surface area contributed by atoms with E-state index in [9.17, 15) is 39.5 Å². The summed E-state index contributed by atoms with van der Waals surface area (Å²) >= 11 is 5.86. The summed E-state index contributed by atoms with van der Waals surface area (Å²) in [6.45, 7) is 1.89. The van der Waals surface area contributed by atoms with Crippen LogP contribution in [-0.4, -0.2) is 6.18 Å². The van der Waals surface area contributed by atoms with E-state index in [1.807, 2.05) is 6.92 Å². The Hall–Kier alpha value is -3.34. The molecule has 0 saturated heterocycles. The van der Waals surface area contributed by atoms with E-state index in [0.29, 0.717) is 18.1 Å². The lowest BCUT2D eigenvalue weighted by Crippen LogP contribution is -2.24. The Morgan fingerprint density at radius 1 is 0.838 bits per heavy atom. The molecular formula is C25H16ClF9O2. The Morgan fingerprint density at radius 3 is 2.03 bits per heavy atom. The molecule has 3 rings (SSSR count). The maximum atomic E-state index is 14.8. The van der Waals surface area contributed by atoms with Gasteiger partial charge in [-0.05, 0) is 35.7 Å². The first kappa shape index (κ1) is 28.2. The molecule has 0 unspecified atom stereocenters. The number of hydrogen-bond donors (Lipinski definition) is 0. The van der Waals surface area contributed by atoms with Crippen LogP contribution in [0.5, 0.6) is 11.5 Å². The number of aryl methyl sites for hydroxylation is 1. The molecule has 3 aromatic rings. The fourth-order valence-corrected chi connectivity index (χ4v) is 3.65. The predicted octanol–water partition coefficient (Wildman–Crippen LogP) is 9.10. The third-order valence-electron chi connectivity index (χ3n) is 4.88. The summed E-state index contributed by atoms with van der Waals surface area (Å²) in [7, 11) is 0. The molecule has 0 heterocycles. The second kappa shape index (κ2) is 11.0. The Morgan fingerprint density at radius 2 is 1.49 bits per heavy atom. The van der Waals surface area contributed by atoms with Gasteiger partial charge in [-0.15, -0.1) is 0 Å². The number of alkyl halides is 5. The zero-order valence-electron chi connectivity index (χ0n) is 18.7. The minimum atomic E-state index is -4.83. The molecule has 37 heavy (non-hydrogen) atoms. The maximum Gasteiger partial charge on any atom is 0.431 e. The standard InChI is InChI=1S/C25H16ClF9O2/c1-2-3-13-4-5-16(18(27)8-13)14-9-17(26)22(19(28)10-14)25(34,35)37-15-11-20(29)23(21(30)12-15)36-7-6-24(31,32)33/h4-12H,2-3H2,1H3. The number of halogens is 10. The average Bonchev–Trinajstić information content (AvgIpc) is 2.74. The lowest BCUT2D eigenvalue weighted by molar-refractivity contribution is -0.187. The van der Waals surface area contributed by atoms with Gasteiger partial charge in [-0.25, -0.2) is 17.6 Å². The van der Waals surface area contributed by atoms with E-state index < -0.39 is 63.7 Å². The number of allylic oxidation sites excluding steroid dienone is 1. The second-order valence-corrected chi connectivity index (χ2v) is 8.08. The third-order valence-corrected chi connectivity index (χ3v) is 5.18. The molecule has 198 valence electrons. The molecule has 0 N–H and O–H groups in total. The Kier molecular flexibility index (Phi) is 8.36. The van der Waals surface area contributed by atoms with E-state index in [4.69, 9.17) is 11.6 Å². The molecule has 0 aliphatic carbocycles. The van der Waals surface area contributed by atoms with Gasteiger partial charge in [0.15, 0.2) is 17.4 Å². The van der Waals surface area contributed by atoms with Crippen LogP contribution in [0.15, 0.2) is 54.8 Å². The number of rotatable bonds is 8. The van der Waals surface area contributed by atoms with Crippen molar-refractivity contribution in [2.45, 2.75) is 32.1 Å². The van der Waals surface area contributed by atoms with E-state index in [0.717, 1.165) is 12.5 Å². The molecule has 0 amide bonds. The lowest BCUT2D eigenvalue weighted by Gasteiger charge is -2.21. The zero-order valence-corrected chi connectivity index (χ0v) is 19.5. The highest BCUT2D eigenvalue weighted by molar-refractivity contribution is 6.31. The van der Waals surface area contributed by atoms with Gasteiger partial charge < -0.3 is 9.47 Å². The Labute approximate surface area is 209 Å². The van der Waals surface area contributed by atoms with Gasteiger partial charge >= 0.3 is 12.3 Å². The van der Waals surface area contributed by atoms with Gasteiger partial charge in [-0.1, -0.05) is 37.1 Å². The van der Waals surface area contributed by atoms with Gasteiger partial charge in [-0.3, -0.25) is 0 Å². The molecular weight excluding hydrogens is 539 g/mol. The largest absolute Gasteiger partial charge is 0.459 e. The SMILES string of the molecule is CCCc1ccc(-c2cc(F)c(C(F)(F)Oc3cc(F)c(OC=CC(F)(F)F)c(F)c3)c(Cl)c2)c(F)c1. The number of benzene rings is 3. The molecule has 0 aromatic heterocycles. The van der Waals surface area contributed by atoms with Gasteiger partial charge in [0.05, 0.1) is 17.4 Å². The van der Waals surface area contributed by atoms with Crippen molar-refractivity contribution in [3.8, 4) is 22.6 Å². The molecule has 0 spiro atoms. The van der Waals surface area contributed by atoms with E-state index >= 15 is 0 Å². The van der Waals surface area contributed by atoms with Gasteiger partial charge in [0, 0.05) is 17.7 Å². The Balaban J connectivity index is 1.89. The summed E-state index contributed by atoms with van der Waals surface area (Å²) in [6, 6.07) is 6.03. The molecule has 0 aliphatic rings. The van der Waals surface area contributed by atoms with Crippen LogP contribution in [0, 0.1) is 23.3 Å². The van der Waals surface area contributed by atoms with Gasteiger partial charge in [0.1, 0.15) is 22.9 Å². The first-order valence-corrected chi connectivity index (χ1v) is 10.8. The lowest BCUT2D eigenvalue weighted by atomic mass is 9.99. The molecule has 0 fully saturated rings. The second-order valence-electron chi connectivity index (χ2n) is 7.68. The number of ether oxygens (including phenoxy) is 2. The van der Waals surface area contributed by atoms with E-state index in [1.54, 1.807) is 6.07 Å². The minimum Gasteiger partial charge on any atom is -0.459 e. The van der Waals surface area contributed by atoms with Crippen LogP contribution in [0.1, 0.15) is 24.5 Å². The predicted molar refractivity (Wildman–Crippen MR) is 118 cm³/mol. The maximum absolute atomic E-state index is 14.8. The average molecular weight is 555 g/mol. The summed E-state index contributed by atoms with van der Waals surface area (Å²) in [5.41, 5.74) is -1.06. The van der Waals surface area contributed by atoms with Crippen LogP contribution >= 0.6 is 11.6 Å². The molecule has 0 bridgehead atoms. The van der Waals surface area contributed by atoms with E-state index in [1.165, 1.54) is 12.1 Å². The quantitative estimate of drug-likeness (QED) is 0.204. The van der Waals surface area contributed by atoms with Crippen LogP contribution in [-0.2, 0) is 12.5 Å². The van der Waals surface area contributed by atoms with Crippen LogP contribution in [0.4, 0.5) is 39.5 Å². The fourth-order valence-electron chi connectivity index (χ4n) is 3.33. The summed E-state index contributed by atoms with van der Waals surface area (Å²) in [4.78, 5) is 0. The molecule has 0 saturated carbocycles. The molecule has 0 atom stereocenters.